The molecule has 1 nitrogen and oxygen atoms in total. The number of halogens is 3. The van der Waals surface area contributed by atoms with Crippen LogP contribution in [-0.2, 0) is 0 Å². The second-order valence-corrected chi connectivity index (χ2v) is 2.65. The summed E-state index contributed by atoms with van der Waals surface area (Å²) in [5.41, 5.74) is 3.43. The first-order valence-electron chi connectivity index (χ1n) is 3.60. The lowest BCUT2D eigenvalue weighted by Crippen LogP contribution is -2.12. The summed E-state index contributed by atoms with van der Waals surface area (Å²) >= 11 is 0. The van der Waals surface area contributed by atoms with Crippen molar-refractivity contribution in [3.05, 3.63) is 34.8 Å². The highest BCUT2D eigenvalue weighted by Gasteiger charge is 2.33. The molecule has 0 aromatic carbocycles. The first-order valence-corrected chi connectivity index (χ1v) is 3.60. The van der Waals surface area contributed by atoms with Gasteiger partial charge in [0.2, 0.25) is 0 Å². The second kappa shape index (κ2) is 3.27. The molecule has 0 heterocycles. The Labute approximate surface area is 73.2 Å². The molecule has 0 fully saturated rings. The molecular weight excluding hydrogens is 181 g/mol. The Bertz CT molecular complexity index is 334. The first kappa shape index (κ1) is 9.87. The van der Waals surface area contributed by atoms with Crippen LogP contribution in [0.2, 0.25) is 0 Å². The van der Waals surface area contributed by atoms with E-state index < -0.39 is 17.9 Å². The highest BCUT2D eigenvalue weighted by atomic mass is 19.4. The Balaban J connectivity index is 3.05. The van der Waals surface area contributed by atoms with Gasteiger partial charge in [0.15, 0.2) is 0 Å². The maximum atomic E-state index is 12.1. The van der Waals surface area contributed by atoms with Gasteiger partial charge < -0.3 is 5.11 Å². The van der Waals surface area contributed by atoms with Crippen molar-refractivity contribution in [1.29, 1.82) is 0 Å². The predicted molar refractivity (Wildman–Crippen MR) is 40.9 cm³/mol. The van der Waals surface area contributed by atoms with Crippen LogP contribution in [0.1, 0.15) is 6.92 Å². The van der Waals surface area contributed by atoms with Gasteiger partial charge in [0.25, 0.3) is 0 Å². The lowest BCUT2D eigenvalue weighted by molar-refractivity contribution is -0.0881. The summed E-state index contributed by atoms with van der Waals surface area (Å²) in [5, 5.41) is 9.01. The summed E-state index contributed by atoms with van der Waals surface area (Å²) in [4.78, 5) is 0. The van der Waals surface area contributed by atoms with Crippen LogP contribution in [0.5, 0.6) is 0 Å². The molecule has 0 saturated heterocycles. The van der Waals surface area contributed by atoms with Crippen LogP contribution in [0.4, 0.5) is 13.2 Å². The van der Waals surface area contributed by atoms with Crippen LogP contribution in [0.15, 0.2) is 34.8 Å². The monoisotopic (exact) mass is 188 g/mol. The summed E-state index contributed by atoms with van der Waals surface area (Å²) in [5.74, 6) is 0. The van der Waals surface area contributed by atoms with Gasteiger partial charge in [-0.15, -0.1) is 0 Å². The van der Waals surface area contributed by atoms with Gasteiger partial charge in [-0.2, -0.15) is 13.2 Å². The molecule has 1 atom stereocenters. The van der Waals surface area contributed by atoms with Crippen LogP contribution >= 0.6 is 0 Å². The lowest BCUT2D eigenvalue weighted by Gasteiger charge is -2.10. The zero-order chi connectivity index (χ0) is 10.1. The fraction of sp³-hybridized carbons (Fsp3) is 0.333. The molecule has 1 N–H and O–H groups in total. The third-order valence-electron chi connectivity index (χ3n) is 1.54. The van der Waals surface area contributed by atoms with Crippen molar-refractivity contribution in [2.75, 3.05) is 0 Å². The smallest absolute Gasteiger partial charge is 0.389 e. The molecule has 0 aliphatic heterocycles. The van der Waals surface area contributed by atoms with Crippen LogP contribution < -0.4 is 0 Å². The third-order valence-corrected chi connectivity index (χ3v) is 1.54. The fourth-order valence-corrected chi connectivity index (χ4v) is 0.835. The number of alkyl halides is 3. The highest BCUT2D eigenvalue weighted by Crippen LogP contribution is 2.28. The van der Waals surface area contributed by atoms with Crippen molar-refractivity contribution in [3.8, 4) is 0 Å². The van der Waals surface area contributed by atoms with Crippen LogP contribution in [0.3, 0.4) is 0 Å². The summed E-state index contributed by atoms with van der Waals surface area (Å²) in [6.07, 6.45) is -3.21. The normalized spacial score (nSPS) is 18.2. The Morgan fingerprint density at radius 2 is 2.08 bits per heavy atom. The van der Waals surface area contributed by atoms with Gasteiger partial charge in [-0.3, -0.25) is 0 Å². The lowest BCUT2D eigenvalue weighted by atomic mass is 10.0. The van der Waals surface area contributed by atoms with Crippen molar-refractivity contribution in [2.45, 2.75) is 19.2 Å². The van der Waals surface area contributed by atoms with E-state index in [1.54, 1.807) is 0 Å². The average molecular weight is 188 g/mol. The van der Waals surface area contributed by atoms with E-state index in [0.29, 0.717) is 0 Å². The Morgan fingerprint density at radius 3 is 2.54 bits per heavy atom. The van der Waals surface area contributed by atoms with Gasteiger partial charge >= 0.3 is 6.18 Å². The first-order chi connectivity index (χ1) is 5.91. The van der Waals surface area contributed by atoms with E-state index in [1.165, 1.54) is 13.0 Å². The van der Waals surface area contributed by atoms with E-state index in [0.717, 1.165) is 6.08 Å². The molecule has 0 aromatic heterocycles. The van der Waals surface area contributed by atoms with E-state index in [4.69, 9.17) is 5.11 Å². The zero-order valence-corrected chi connectivity index (χ0v) is 6.81. The molecule has 0 radical (unpaired) electrons. The van der Waals surface area contributed by atoms with Gasteiger partial charge in [-0.25, -0.2) is 0 Å². The van der Waals surface area contributed by atoms with Crippen LogP contribution in [0.25, 0.3) is 0 Å². The Hall–Kier alpha value is -1.21. The molecule has 0 spiro atoms. The number of aliphatic hydroxyl groups is 1. The third kappa shape index (κ3) is 2.36. The topological polar surface area (TPSA) is 20.2 Å². The molecule has 1 aliphatic rings. The average Bonchev–Trinajstić information content (AvgIpc) is 2.03. The van der Waals surface area contributed by atoms with Crippen molar-refractivity contribution >= 4 is 0 Å². The van der Waals surface area contributed by atoms with Crippen LogP contribution in [-0.4, -0.2) is 17.4 Å². The summed E-state index contributed by atoms with van der Waals surface area (Å²) < 4.78 is 36.3. The largest absolute Gasteiger partial charge is 0.424 e. The molecule has 0 bridgehead atoms. The summed E-state index contributed by atoms with van der Waals surface area (Å²) in [6, 6.07) is 0. The van der Waals surface area contributed by atoms with Crippen molar-refractivity contribution < 1.29 is 18.3 Å². The number of hydrogen-bond acceptors (Lipinski definition) is 1. The number of aliphatic hydroxyl groups excluding tert-OH is 1. The van der Waals surface area contributed by atoms with E-state index >= 15 is 0 Å². The van der Waals surface area contributed by atoms with E-state index in [1.807, 2.05) is 5.73 Å². The van der Waals surface area contributed by atoms with Gasteiger partial charge in [0.1, 0.15) is 5.57 Å². The molecule has 1 aliphatic carbocycles. The zero-order valence-electron chi connectivity index (χ0n) is 6.81. The summed E-state index contributed by atoms with van der Waals surface area (Å²) in [6.45, 7) is 1.39. The maximum Gasteiger partial charge on any atom is 0.424 e. The maximum absolute atomic E-state index is 12.1. The standard InChI is InChI=1S/C9H7F3O/c1-6(13)7-3-2-4-8(5-7)9(10,11)12/h3,5-6,13H,1H3. The van der Waals surface area contributed by atoms with E-state index in [2.05, 4.69) is 5.73 Å². The predicted octanol–water partition coefficient (Wildman–Crippen LogP) is 2.11. The molecule has 13 heavy (non-hydrogen) atoms. The van der Waals surface area contributed by atoms with E-state index in [9.17, 15) is 13.2 Å². The molecule has 0 amide bonds. The minimum atomic E-state index is -4.43. The minimum Gasteiger partial charge on any atom is -0.389 e. The van der Waals surface area contributed by atoms with Crippen LogP contribution in [0, 0.1) is 0 Å². The number of hydrogen-bond donors (Lipinski definition) is 1. The van der Waals surface area contributed by atoms with Gasteiger partial charge in [-0.1, -0.05) is 11.5 Å². The molecule has 4 heteroatoms. The van der Waals surface area contributed by atoms with Gasteiger partial charge in [0, 0.05) is 0 Å². The van der Waals surface area contributed by atoms with Crippen molar-refractivity contribution in [2.24, 2.45) is 0 Å². The molecular formula is C9H7F3O. The molecule has 70 valence electrons. The fourth-order valence-electron chi connectivity index (χ4n) is 0.835. The quantitative estimate of drug-likeness (QED) is 0.625. The molecule has 0 aromatic rings. The van der Waals surface area contributed by atoms with Crippen molar-refractivity contribution in [3.63, 3.8) is 0 Å². The van der Waals surface area contributed by atoms with E-state index in [-0.39, 0.29) is 5.57 Å². The SMILES string of the molecule is CC(O)C1=CC(C(F)(F)F)=C=C=C1. The van der Waals surface area contributed by atoms with Gasteiger partial charge in [0.05, 0.1) is 6.10 Å². The highest BCUT2D eigenvalue weighted by molar-refractivity contribution is 5.37. The molecule has 1 unspecified atom stereocenters. The Morgan fingerprint density at radius 1 is 1.46 bits per heavy atom. The van der Waals surface area contributed by atoms with Crippen molar-refractivity contribution in [1.82, 2.24) is 0 Å². The van der Waals surface area contributed by atoms with Gasteiger partial charge in [-0.05, 0) is 24.6 Å². The molecule has 1 rings (SSSR count). The number of rotatable bonds is 1. The minimum absolute atomic E-state index is 0.186. The summed E-state index contributed by atoms with van der Waals surface area (Å²) in [7, 11) is 0. The molecule has 0 saturated carbocycles. The number of allylic oxidation sites excluding steroid dienone is 2. The Kier molecular flexibility index (Phi) is 2.48. The second-order valence-electron chi connectivity index (χ2n) is 2.65.